The SMILES string of the molecule is CN=C(NCCOc1cccc(Cl)c1Cl)N1CCS(=O)(=O)C(C)(C)C1.I. The summed E-state index contributed by atoms with van der Waals surface area (Å²) in [7, 11) is -1.41. The molecule has 1 fully saturated rings. The lowest BCUT2D eigenvalue weighted by Gasteiger charge is -2.39. The van der Waals surface area contributed by atoms with Gasteiger partial charge in [-0.3, -0.25) is 4.99 Å². The van der Waals surface area contributed by atoms with Crippen molar-refractivity contribution in [1.82, 2.24) is 10.2 Å². The van der Waals surface area contributed by atoms with Gasteiger partial charge >= 0.3 is 0 Å². The summed E-state index contributed by atoms with van der Waals surface area (Å²) in [4.78, 5) is 6.19. The highest BCUT2D eigenvalue weighted by Gasteiger charge is 2.40. The summed E-state index contributed by atoms with van der Waals surface area (Å²) < 4.78 is 29.0. The fraction of sp³-hybridized carbons (Fsp3) is 0.562. The van der Waals surface area contributed by atoms with E-state index < -0.39 is 14.6 Å². The summed E-state index contributed by atoms with van der Waals surface area (Å²) in [5, 5.41) is 4.02. The van der Waals surface area contributed by atoms with E-state index in [9.17, 15) is 8.42 Å². The second-order valence-electron chi connectivity index (χ2n) is 6.37. The van der Waals surface area contributed by atoms with Crippen molar-refractivity contribution in [3.8, 4) is 5.75 Å². The van der Waals surface area contributed by atoms with Crippen LogP contribution in [0.15, 0.2) is 23.2 Å². The average Bonchev–Trinajstić information content (AvgIpc) is 2.54. The van der Waals surface area contributed by atoms with Crippen molar-refractivity contribution in [2.75, 3.05) is 39.0 Å². The van der Waals surface area contributed by atoms with Crippen molar-refractivity contribution in [3.05, 3.63) is 28.2 Å². The maximum absolute atomic E-state index is 12.1. The Balaban J connectivity index is 0.00000338. The molecule has 1 N–H and O–H groups in total. The van der Waals surface area contributed by atoms with Crippen LogP contribution in [-0.2, 0) is 9.84 Å². The molecule has 148 valence electrons. The van der Waals surface area contributed by atoms with Crippen LogP contribution in [0.1, 0.15) is 13.8 Å². The van der Waals surface area contributed by atoms with Gasteiger partial charge < -0.3 is 15.0 Å². The Morgan fingerprint density at radius 3 is 2.69 bits per heavy atom. The van der Waals surface area contributed by atoms with Crippen molar-refractivity contribution in [3.63, 3.8) is 0 Å². The zero-order valence-corrected chi connectivity index (χ0v) is 19.6. The molecule has 0 amide bonds. The normalized spacial score (nSPS) is 18.8. The van der Waals surface area contributed by atoms with E-state index in [0.29, 0.717) is 48.0 Å². The molecular formula is C16H24Cl2IN3O3S. The highest BCUT2D eigenvalue weighted by Crippen LogP contribution is 2.31. The molecule has 26 heavy (non-hydrogen) atoms. The fourth-order valence-corrected chi connectivity index (χ4v) is 4.29. The van der Waals surface area contributed by atoms with E-state index in [2.05, 4.69) is 10.3 Å². The monoisotopic (exact) mass is 535 g/mol. The molecule has 0 atom stereocenters. The minimum atomic E-state index is -3.08. The molecule has 6 nitrogen and oxygen atoms in total. The predicted octanol–water partition coefficient (Wildman–Crippen LogP) is 3.07. The van der Waals surface area contributed by atoms with Gasteiger partial charge in [-0.25, -0.2) is 8.42 Å². The van der Waals surface area contributed by atoms with Crippen molar-refractivity contribution < 1.29 is 13.2 Å². The third kappa shape index (κ3) is 5.53. The van der Waals surface area contributed by atoms with Gasteiger partial charge in [-0.15, -0.1) is 24.0 Å². The van der Waals surface area contributed by atoms with Crippen molar-refractivity contribution >= 4 is 63.0 Å². The Morgan fingerprint density at radius 2 is 2.08 bits per heavy atom. The molecule has 0 radical (unpaired) electrons. The first-order chi connectivity index (χ1) is 11.7. The third-order valence-electron chi connectivity index (χ3n) is 4.11. The number of benzene rings is 1. The molecule has 10 heteroatoms. The number of nitrogens with zero attached hydrogens (tertiary/aromatic N) is 2. The topological polar surface area (TPSA) is 71.0 Å². The zero-order chi connectivity index (χ0) is 18.7. The van der Waals surface area contributed by atoms with Crippen LogP contribution in [0.4, 0.5) is 0 Å². The van der Waals surface area contributed by atoms with Crippen LogP contribution in [0, 0.1) is 0 Å². The molecule has 2 rings (SSSR count). The maximum atomic E-state index is 12.1. The minimum absolute atomic E-state index is 0. The number of aliphatic imine (C=N–C) groups is 1. The number of sulfone groups is 1. The van der Waals surface area contributed by atoms with E-state index in [1.54, 1.807) is 39.1 Å². The van der Waals surface area contributed by atoms with Gasteiger partial charge in [0.25, 0.3) is 0 Å². The summed E-state index contributed by atoms with van der Waals surface area (Å²) >= 11 is 12.0. The summed E-state index contributed by atoms with van der Waals surface area (Å²) in [5.74, 6) is 1.30. The molecule has 1 aromatic carbocycles. The van der Waals surface area contributed by atoms with E-state index in [-0.39, 0.29) is 29.7 Å². The van der Waals surface area contributed by atoms with Crippen LogP contribution >= 0.6 is 47.2 Å². The van der Waals surface area contributed by atoms with Crippen LogP contribution in [0.25, 0.3) is 0 Å². The van der Waals surface area contributed by atoms with Gasteiger partial charge in [0.2, 0.25) is 0 Å². The third-order valence-corrected chi connectivity index (χ3v) is 7.45. The molecule has 0 aliphatic carbocycles. The van der Waals surface area contributed by atoms with Crippen molar-refractivity contribution in [1.29, 1.82) is 0 Å². The van der Waals surface area contributed by atoms with E-state index in [1.165, 1.54) is 0 Å². The van der Waals surface area contributed by atoms with Gasteiger partial charge in [0.15, 0.2) is 15.8 Å². The Bertz CT molecular complexity index is 757. The van der Waals surface area contributed by atoms with Gasteiger partial charge in [0, 0.05) is 20.1 Å². The highest BCUT2D eigenvalue weighted by molar-refractivity contribution is 14.0. The Kier molecular flexibility index (Phi) is 8.76. The summed E-state index contributed by atoms with van der Waals surface area (Å²) in [6, 6.07) is 5.22. The molecule has 1 heterocycles. The average molecular weight is 536 g/mol. The number of nitrogens with one attached hydrogen (secondary N) is 1. The first kappa shape index (κ1) is 23.6. The molecule has 1 saturated heterocycles. The number of ether oxygens (including phenoxy) is 1. The molecule has 0 saturated carbocycles. The molecule has 1 aliphatic rings. The van der Waals surface area contributed by atoms with Crippen LogP contribution in [0.2, 0.25) is 10.0 Å². The largest absolute Gasteiger partial charge is 0.490 e. The van der Waals surface area contributed by atoms with Gasteiger partial charge in [-0.1, -0.05) is 29.3 Å². The van der Waals surface area contributed by atoms with Crippen LogP contribution in [0.3, 0.4) is 0 Å². The number of rotatable bonds is 4. The lowest BCUT2D eigenvalue weighted by Crippen LogP contribution is -2.57. The molecule has 0 bridgehead atoms. The summed E-state index contributed by atoms with van der Waals surface area (Å²) in [6.45, 7) is 5.17. The Labute approximate surface area is 182 Å². The van der Waals surface area contributed by atoms with Crippen LogP contribution in [-0.4, -0.2) is 63.1 Å². The fourth-order valence-electron chi connectivity index (χ4n) is 2.58. The first-order valence-corrected chi connectivity index (χ1v) is 10.3. The second kappa shape index (κ2) is 9.66. The second-order valence-corrected chi connectivity index (χ2v) is 9.90. The Morgan fingerprint density at radius 1 is 1.38 bits per heavy atom. The Hall–Kier alpha value is -0.450. The minimum Gasteiger partial charge on any atom is -0.490 e. The van der Waals surface area contributed by atoms with E-state index in [4.69, 9.17) is 27.9 Å². The maximum Gasteiger partial charge on any atom is 0.193 e. The lowest BCUT2D eigenvalue weighted by atomic mass is 10.2. The summed E-state index contributed by atoms with van der Waals surface area (Å²) in [5.41, 5.74) is 0. The van der Waals surface area contributed by atoms with Crippen LogP contribution < -0.4 is 10.1 Å². The quantitative estimate of drug-likeness (QED) is 0.278. The van der Waals surface area contributed by atoms with Gasteiger partial charge in [0.1, 0.15) is 17.4 Å². The predicted molar refractivity (Wildman–Crippen MR) is 118 cm³/mol. The highest BCUT2D eigenvalue weighted by atomic mass is 127. The van der Waals surface area contributed by atoms with Crippen molar-refractivity contribution in [2.24, 2.45) is 4.99 Å². The molecular weight excluding hydrogens is 512 g/mol. The molecule has 1 aliphatic heterocycles. The molecule has 0 unspecified atom stereocenters. The van der Waals surface area contributed by atoms with E-state index in [0.717, 1.165) is 0 Å². The lowest BCUT2D eigenvalue weighted by molar-refractivity contribution is 0.313. The van der Waals surface area contributed by atoms with Gasteiger partial charge in [-0.2, -0.15) is 0 Å². The van der Waals surface area contributed by atoms with Gasteiger partial charge in [-0.05, 0) is 26.0 Å². The number of hydrogen-bond acceptors (Lipinski definition) is 4. The molecule has 1 aromatic rings. The smallest absolute Gasteiger partial charge is 0.193 e. The van der Waals surface area contributed by atoms with E-state index in [1.807, 2.05) is 4.90 Å². The van der Waals surface area contributed by atoms with Crippen molar-refractivity contribution in [2.45, 2.75) is 18.6 Å². The van der Waals surface area contributed by atoms with Gasteiger partial charge in [0.05, 0.1) is 22.1 Å². The zero-order valence-electron chi connectivity index (χ0n) is 15.0. The van der Waals surface area contributed by atoms with E-state index >= 15 is 0 Å². The standard InChI is InChI=1S/C16H23Cl2N3O3S.HI/c1-16(2)11-21(8-10-25(16,22)23)15(19-3)20-7-9-24-13-6-4-5-12(17)14(13)18;/h4-6H,7-11H2,1-3H3,(H,19,20);1H. The molecule has 0 spiro atoms. The van der Waals surface area contributed by atoms with Crippen LogP contribution in [0.5, 0.6) is 5.75 Å². The number of halogens is 3. The number of hydrogen-bond donors (Lipinski definition) is 1. The molecule has 0 aromatic heterocycles. The number of guanidine groups is 1. The summed E-state index contributed by atoms with van der Waals surface area (Å²) in [6.07, 6.45) is 0. The first-order valence-electron chi connectivity index (χ1n) is 7.92.